The lowest BCUT2D eigenvalue weighted by Gasteiger charge is -1.97. The van der Waals surface area contributed by atoms with Crippen molar-refractivity contribution in [3.05, 3.63) is 39.7 Å². The number of benzene rings is 1. The topological polar surface area (TPSA) is 4.36 Å². The Morgan fingerprint density at radius 3 is 2.73 bits per heavy atom. The van der Waals surface area contributed by atoms with Crippen molar-refractivity contribution in [3.8, 4) is 0 Å². The summed E-state index contributed by atoms with van der Waals surface area (Å²) in [7, 11) is 0. The van der Waals surface area contributed by atoms with Crippen molar-refractivity contribution < 1.29 is 0 Å². The minimum Gasteiger partial charge on any atom is -0.237 e. The van der Waals surface area contributed by atoms with Crippen LogP contribution in [0.1, 0.15) is 5.56 Å². The fraction of sp³-hybridized carbons (Fsp3) is 0.125. The lowest BCUT2D eigenvalue weighted by atomic mass is 10.2. The quantitative estimate of drug-likeness (QED) is 0.541. The van der Waals surface area contributed by atoms with E-state index in [0.717, 1.165) is 15.4 Å². The molecule has 0 atom stereocenters. The summed E-state index contributed by atoms with van der Waals surface area (Å²) in [4.78, 5) is 3.36. The third-order valence-corrected chi connectivity index (χ3v) is 2.60. The Labute approximate surface area is 82.5 Å². The molecule has 0 aliphatic rings. The van der Waals surface area contributed by atoms with Gasteiger partial charge in [0.05, 0.1) is 6.57 Å². The average Bonchev–Trinajstić information content (AvgIpc) is 2.05. The van der Waals surface area contributed by atoms with Crippen LogP contribution in [-0.2, 0) is 5.33 Å². The van der Waals surface area contributed by atoms with Gasteiger partial charge in [-0.25, -0.2) is 4.85 Å². The molecular formula is C8H5Br2N. The molecule has 0 unspecified atom stereocenters. The second-order valence-corrected chi connectivity index (χ2v) is 3.45. The zero-order valence-corrected chi connectivity index (χ0v) is 8.81. The highest BCUT2D eigenvalue weighted by atomic mass is 79.9. The van der Waals surface area contributed by atoms with Crippen molar-refractivity contribution in [1.29, 1.82) is 0 Å². The van der Waals surface area contributed by atoms with Crippen molar-refractivity contribution in [2.75, 3.05) is 0 Å². The van der Waals surface area contributed by atoms with E-state index in [9.17, 15) is 0 Å². The summed E-state index contributed by atoms with van der Waals surface area (Å²) in [6.07, 6.45) is 0. The molecule has 0 aliphatic carbocycles. The number of hydrogen-bond acceptors (Lipinski definition) is 0. The van der Waals surface area contributed by atoms with Crippen LogP contribution in [0.5, 0.6) is 0 Å². The summed E-state index contributed by atoms with van der Waals surface area (Å²) < 4.78 is 0.859. The normalized spacial score (nSPS) is 9.18. The Morgan fingerprint density at radius 2 is 2.18 bits per heavy atom. The van der Waals surface area contributed by atoms with E-state index in [1.807, 2.05) is 18.2 Å². The van der Waals surface area contributed by atoms with Crippen LogP contribution < -0.4 is 0 Å². The van der Waals surface area contributed by atoms with E-state index in [1.54, 1.807) is 0 Å². The van der Waals surface area contributed by atoms with Gasteiger partial charge in [-0.05, 0) is 5.56 Å². The lowest BCUT2D eigenvalue weighted by Crippen LogP contribution is -1.75. The number of halogens is 2. The predicted octanol–water partition coefficient (Wildman–Crippen LogP) is 3.89. The lowest BCUT2D eigenvalue weighted by molar-refractivity contribution is 1.43. The summed E-state index contributed by atoms with van der Waals surface area (Å²) in [5.74, 6) is 0. The van der Waals surface area contributed by atoms with E-state index in [2.05, 4.69) is 36.7 Å². The van der Waals surface area contributed by atoms with Crippen molar-refractivity contribution in [1.82, 2.24) is 0 Å². The Bertz CT molecular complexity index is 301. The summed E-state index contributed by atoms with van der Waals surface area (Å²) in [5.41, 5.74) is 1.79. The van der Waals surface area contributed by atoms with E-state index in [4.69, 9.17) is 6.57 Å². The maximum absolute atomic E-state index is 6.84. The third kappa shape index (κ3) is 2.05. The summed E-state index contributed by atoms with van der Waals surface area (Å²) in [6, 6.07) is 5.74. The molecule has 56 valence electrons. The molecule has 0 aliphatic heterocycles. The van der Waals surface area contributed by atoms with Crippen LogP contribution in [0.15, 0.2) is 22.7 Å². The van der Waals surface area contributed by atoms with Gasteiger partial charge in [0, 0.05) is 9.80 Å². The predicted molar refractivity (Wildman–Crippen MR) is 53.0 cm³/mol. The maximum atomic E-state index is 6.84. The van der Waals surface area contributed by atoms with Crippen LogP contribution in [0, 0.1) is 6.57 Å². The molecule has 1 aromatic carbocycles. The van der Waals surface area contributed by atoms with Gasteiger partial charge in [0.15, 0.2) is 0 Å². The Balaban J connectivity index is 3.15. The first-order chi connectivity index (χ1) is 5.27. The molecule has 0 spiro atoms. The second-order valence-electron chi connectivity index (χ2n) is 2.03. The standard InChI is InChI=1S/C8H5Br2N/c1-11-8-4-6(5-9)2-3-7(8)10/h2-4H,5H2. The fourth-order valence-electron chi connectivity index (χ4n) is 0.727. The average molecular weight is 275 g/mol. The van der Waals surface area contributed by atoms with Crippen LogP contribution in [0.3, 0.4) is 0 Å². The highest BCUT2D eigenvalue weighted by Gasteiger charge is 1.98. The molecule has 1 aromatic rings. The van der Waals surface area contributed by atoms with Crippen molar-refractivity contribution >= 4 is 37.5 Å². The number of nitrogens with zero attached hydrogens (tertiary/aromatic N) is 1. The van der Waals surface area contributed by atoms with Gasteiger partial charge < -0.3 is 0 Å². The molecule has 1 rings (SSSR count). The molecule has 0 radical (unpaired) electrons. The summed E-state index contributed by atoms with van der Waals surface area (Å²) in [5, 5.41) is 0.794. The molecule has 0 saturated carbocycles. The molecule has 0 aromatic heterocycles. The molecule has 0 amide bonds. The zero-order chi connectivity index (χ0) is 8.27. The van der Waals surface area contributed by atoms with Crippen molar-refractivity contribution in [2.24, 2.45) is 0 Å². The number of alkyl halides is 1. The van der Waals surface area contributed by atoms with Crippen LogP contribution >= 0.6 is 31.9 Å². The monoisotopic (exact) mass is 273 g/mol. The van der Waals surface area contributed by atoms with Gasteiger partial charge >= 0.3 is 0 Å². The molecule has 0 saturated heterocycles. The summed E-state index contributed by atoms with van der Waals surface area (Å²) in [6.45, 7) is 6.84. The molecule has 0 bridgehead atoms. The molecule has 3 heteroatoms. The highest BCUT2D eigenvalue weighted by Crippen LogP contribution is 2.26. The highest BCUT2D eigenvalue weighted by molar-refractivity contribution is 9.10. The Hall–Kier alpha value is -0.330. The van der Waals surface area contributed by atoms with E-state index >= 15 is 0 Å². The van der Waals surface area contributed by atoms with Crippen LogP contribution in [0.2, 0.25) is 0 Å². The zero-order valence-electron chi connectivity index (χ0n) is 5.64. The van der Waals surface area contributed by atoms with Crippen molar-refractivity contribution in [3.63, 3.8) is 0 Å². The molecule has 0 fully saturated rings. The number of hydrogen-bond donors (Lipinski definition) is 0. The molecule has 11 heavy (non-hydrogen) atoms. The minimum absolute atomic E-state index is 0.668. The Kier molecular flexibility index (Phi) is 3.10. The smallest absolute Gasteiger partial charge is 0.201 e. The molecule has 0 heterocycles. The van der Waals surface area contributed by atoms with E-state index < -0.39 is 0 Å². The molecule has 1 nitrogen and oxygen atoms in total. The van der Waals surface area contributed by atoms with Gasteiger partial charge in [-0.15, -0.1) is 0 Å². The third-order valence-electron chi connectivity index (χ3n) is 1.29. The first-order valence-electron chi connectivity index (χ1n) is 3.00. The van der Waals surface area contributed by atoms with E-state index in [0.29, 0.717) is 5.69 Å². The van der Waals surface area contributed by atoms with Crippen LogP contribution in [-0.4, -0.2) is 0 Å². The van der Waals surface area contributed by atoms with Gasteiger partial charge in [-0.2, -0.15) is 0 Å². The Morgan fingerprint density at radius 1 is 1.45 bits per heavy atom. The molecular weight excluding hydrogens is 270 g/mol. The maximum Gasteiger partial charge on any atom is 0.201 e. The first kappa shape index (κ1) is 8.76. The van der Waals surface area contributed by atoms with Gasteiger partial charge in [0.2, 0.25) is 5.69 Å². The van der Waals surface area contributed by atoms with Crippen LogP contribution in [0.25, 0.3) is 4.85 Å². The van der Waals surface area contributed by atoms with Crippen molar-refractivity contribution in [2.45, 2.75) is 5.33 Å². The van der Waals surface area contributed by atoms with Gasteiger partial charge in [0.25, 0.3) is 0 Å². The van der Waals surface area contributed by atoms with Gasteiger partial charge in [-0.3, -0.25) is 0 Å². The fourth-order valence-corrected chi connectivity index (χ4v) is 1.41. The first-order valence-corrected chi connectivity index (χ1v) is 4.91. The van der Waals surface area contributed by atoms with E-state index in [1.165, 1.54) is 0 Å². The SMILES string of the molecule is [C-]#[N+]c1cc(CBr)ccc1Br. The number of rotatable bonds is 1. The molecule has 0 N–H and O–H groups in total. The minimum atomic E-state index is 0.668. The van der Waals surface area contributed by atoms with E-state index in [-0.39, 0.29) is 0 Å². The largest absolute Gasteiger partial charge is 0.237 e. The van der Waals surface area contributed by atoms with Crippen LogP contribution in [0.4, 0.5) is 5.69 Å². The van der Waals surface area contributed by atoms with Gasteiger partial charge in [-0.1, -0.05) is 50.1 Å². The van der Waals surface area contributed by atoms with Gasteiger partial charge in [0.1, 0.15) is 0 Å². The second kappa shape index (κ2) is 3.89. The summed E-state index contributed by atoms with van der Waals surface area (Å²) >= 11 is 6.62.